The lowest BCUT2D eigenvalue weighted by Gasteiger charge is -2.40. The lowest BCUT2D eigenvalue weighted by Crippen LogP contribution is -2.48. The quantitative estimate of drug-likeness (QED) is 0.797. The smallest absolute Gasteiger partial charge is 0.223 e. The predicted octanol–water partition coefficient (Wildman–Crippen LogP) is 2.25. The van der Waals surface area contributed by atoms with E-state index in [1.165, 1.54) is 0 Å². The zero-order valence-electron chi connectivity index (χ0n) is 10.4. The fourth-order valence-corrected chi connectivity index (χ4v) is 2.56. The fourth-order valence-electron chi connectivity index (χ4n) is 2.56. The summed E-state index contributed by atoms with van der Waals surface area (Å²) in [7, 11) is 0. The largest absolute Gasteiger partial charge is 0.375 e. The summed E-state index contributed by atoms with van der Waals surface area (Å²) in [5.41, 5.74) is 0.0136. The molecule has 2 rings (SSSR count). The van der Waals surface area contributed by atoms with Crippen molar-refractivity contribution in [1.29, 1.82) is 0 Å². The van der Waals surface area contributed by atoms with E-state index in [1.807, 2.05) is 0 Å². The molecule has 16 heavy (non-hydrogen) atoms. The molecule has 92 valence electrons. The van der Waals surface area contributed by atoms with Crippen LogP contribution in [0.5, 0.6) is 0 Å². The number of ether oxygens (including phenoxy) is 1. The van der Waals surface area contributed by atoms with Gasteiger partial charge in [-0.2, -0.15) is 0 Å². The van der Waals surface area contributed by atoms with Crippen LogP contribution in [-0.2, 0) is 9.53 Å². The molecule has 1 aliphatic heterocycles. The maximum atomic E-state index is 11.7. The van der Waals surface area contributed by atoms with Crippen LogP contribution in [0, 0.1) is 5.92 Å². The van der Waals surface area contributed by atoms with E-state index in [0.29, 0.717) is 12.0 Å². The summed E-state index contributed by atoms with van der Waals surface area (Å²) in [5.74, 6) is 0.591. The zero-order valence-corrected chi connectivity index (χ0v) is 10.4. The van der Waals surface area contributed by atoms with Crippen LogP contribution in [-0.4, -0.2) is 24.2 Å². The average Bonchev–Trinajstić information content (AvgIpc) is 3.13. The third-order valence-electron chi connectivity index (χ3n) is 4.08. The SMILES string of the molecule is CCC1(CC)CC(NC(=O)C2CC2)CCO1. The predicted molar refractivity (Wildman–Crippen MR) is 63.2 cm³/mol. The molecule has 3 heteroatoms. The zero-order chi connectivity index (χ0) is 11.6. The molecule has 1 atom stereocenters. The van der Waals surface area contributed by atoms with Gasteiger partial charge in [-0.15, -0.1) is 0 Å². The van der Waals surface area contributed by atoms with Crippen LogP contribution in [0.2, 0.25) is 0 Å². The van der Waals surface area contributed by atoms with Crippen molar-refractivity contribution in [3.8, 4) is 0 Å². The number of hydrogen-bond acceptors (Lipinski definition) is 2. The molecular formula is C13H23NO2. The molecular weight excluding hydrogens is 202 g/mol. The van der Waals surface area contributed by atoms with E-state index in [4.69, 9.17) is 4.74 Å². The highest BCUT2D eigenvalue weighted by molar-refractivity contribution is 5.81. The number of amides is 1. The number of carbonyl (C=O) groups excluding carboxylic acids is 1. The van der Waals surface area contributed by atoms with E-state index in [9.17, 15) is 4.79 Å². The first-order valence-electron chi connectivity index (χ1n) is 6.63. The molecule has 2 aliphatic rings. The van der Waals surface area contributed by atoms with Gasteiger partial charge in [-0.05, 0) is 38.5 Å². The summed E-state index contributed by atoms with van der Waals surface area (Å²) >= 11 is 0. The monoisotopic (exact) mass is 225 g/mol. The number of nitrogens with one attached hydrogen (secondary N) is 1. The second kappa shape index (κ2) is 4.74. The van der Waals surface area contributed by atoms with Crippen molar-refractivity contribution in [2.45, 2.75) is 64.0 Å². The Labute approximate surface area is 97.9 Å². The summed E-state index contributed by atoms with van der Waals surface area (Å²) in [6, 6.07) is 0.335. The number of hydrogen-bond donors (Lipinski definition) is 1. The van der Waals surface area contributed by atoms with Gasteiger partial charge in [-0.25, -0.2) is 0 Å². The topological polar surface area (TPSA) is 38.3 Å². The molecule has 1 heterocycles. The number of rotatable bonds is 4. The molecule has 0 aromatic rings. The fraction of sp³-hybridized carbons (Fsp3) is 0.923. The Bertz CT molecular complexity index is 257. The van der Waals surface area contributed by atoms with Gasteiger partial charge in [0.1, 0.15) is 0 Å². The van der Waals surface area contributed by atoms with Crippen LogP contribution >= 0.6 is 0 Å². The Morgan fingerprint density at radius 1 is 1.31 bits per heavy atom. The first-order chi connectivity index (χ1) is 7.69. The van der Waals surface area contributed by atoms with Crippen LogP contribution in [0.15, 0.2) is 0 Å². The summed E-state index contributed by atoms with van der Waals surface area (Å²) in [6.45, 7) is 5.14. The van der Waals surface area contributed by atoms with Gasteiger partial charge >= 0.3 is 0 Å². The van der Waals surface area contributed by atoms with Crippen molar-refractivity contribution in [2.24, 2.45) is 5.92 Å². The van der Waals surface area contributed by atoms with E-state index in [-0.39, 0.29) is 11.5 Å². The first-order valence-corrected chi connectivity index (χ1v) is 6.63. The van der Waals surface area contributed by atoms with Crippen molar-refractivity contribution >= 4 is 5.91 Å². The molecule has 1 N–H and O–H groups in total. The third-order valence-corrected chi connectivity index (χ3v) is 4.08. The highest BCUT2D eigenvalue weighted by Crippen LogP contribution is 2.33. The molecule has 0 aromatic carbocycles. The number of carbonyl (C=O) groups is 1. The van der Waals surface area contributed by atoms with Gasteiger partial charge < -0.3 is 10.1 Å². The minimum Gasteiger partial charge on any atom is -0.375 e. The van der Waals surface area contributed by atoms with Gasteiger partial charge in [-0.1, -0.05) is 13.8 Å². The average molecular weight is 225 g/mol. The van der Waals surface area contributed by atoms with Crippen molar-refractivity contribution in [1.82, 2.24) is 5.32 Å². The van der Waals surface area contributed by atoms with Crippen LogP contribution in [0.3, 0.4) is 0 Å². The molecule has 1 unspecified atom stereocenters. The summed E-state index contributed by atoms with van der Waals surface area (Å²) in [5, 5.41) is 3.19. The maximum absolute atomic E-state index is 11.7. The normalized spacial score (nSPS) is 28.8. The Morgan fingerprint density at radius 3 is 2.56 bits per heavy atom. The van der Waals surface area contributed by atoms with Crippen molar-refractivity contribution in [3.63, 3.8) is 0 Å². The highest BCUT2D eigenvalue weighted by atomic mass is 16.5. The van der Waals surface area contributed by atoms with Crippen LogP contribution in [0.1, 0.15) is 52.4 Å². The van der Waals surface area contributed by atoms with E-state index in [1.54, 1.807) is 0 Å². The molecule has 1 amide bonds. The van der Waals surface area contributed by atoms with E-state index < -0.39 is 0 Å². The van der Waals surface area contributed by atoms with Crippen molar-refractivity contribution in [3.05, 3.63) is 0 Å². The van der Waals surface area contributed by atoms with Gasteiger partial charge in [0.15, 0.2) is 0 Å². The standard InChI is InChI=1S/C13H23NO2/c1-3-13(4-2)9-11(7-8-16-13)14-12(15)10-5-6-10/h10-11H,3-9H2,1-2H3,(H,14,15). The minimum absolute atomic E-state index is 0.0136. The summed E-state index contributed by atoms with van der Waals surface area (Å²) < 4.78 is 5.90. The second-order valence-corrected chi connectivity index (χ2v) is 5.21. The molecule has 1 saturated heterocycles. The first kappa shape index (κ1) is 11.9. The Morgan fingerprint density at radius 2 is 2.00 bits per heavy atom. The Kier molecular flexibility index (Phi) is 3.53. The minimum atomic E-state index is 0.0136. The van der Waals surface area contributed by atoms with Gasteiger partial charge in [0.05, 0.1) is 5.60 Å². The van der Waals surface area contributed by atoms with Crippen molar-refractivity contribution in [2.75, 3.05) is 6.61 Å². The molecule has 1 aliphatic carbocycles. The van der Waals surface area contributed by atoms with Gasteiger partial charge in [0.2, 0.25) is 5.91 Å². The van der Waals surface area contributed by atoms with E-state index >= 15 is 0 Å². The lowest BCUT2D eigenvalue weighted by molar-refractivity contribution is -0.127. The second-order valence-electron chi connectivity index (χ2n) is 5.21. The van der Waals surface area contributed by atoms with Gasteiger partial charge in [0.25, 0.3) is 0 Å². The molecule has 0 radical (unpaired) electrons. The Hall–Kier alpha value is -0.570. The van der Waals surface area contributed by atoms with Crippen molar-refractivity contribution < 1.29 is 9.53 Å². The molecule has 0 aromatic heterocycles. The third kappa shape index (κ3) is 2.57. The molecule has 1 saturated carbocycles. The summed E-state index contributed by atoms with van der Waals surface area (Å²) in [4.78, 5) is 11.7. The van der Waals surface area contributed by atoms with E-state index in [2.05, 4.69) is 19.2 Å². The molecule has 0 bridgehead atoms. The lowest BCUT2D eigenvalue weighted by atomic mass is 9.86. The molecule has 3 nitrogen and oxygen atoms in total. The van der Waals surface area contributed by atoms with E-state index in [0.717, 1.165) is 45.1 Å². The van der Waals surface area contributed by atoms with Gasteiger partial charge in [0, 0.05) is 18.6 Å². The summed E-state index contributed by atoms with van der Waals surface area (Å²) in [6.07, 6.45) is 6.21. The Balaban J connectivity index is 1.87. The highest BCUT2D eigenvalue weighted by Gasteiger charge is 2.37. The van der Waals surface area contributed by atoms with Crippen LogP contribution < -0.4 is 5.32 Å². The van der Waals surface area contributed by atoms with Gasteiger partial charge in [-0.3, -0.25) is 4.79 Å². The molecule has 0 spiro atoms. The van der Waals surface area contributed by atoms with Crippen LogP contribution in [0.4, 0.5) is 0 Å². The van der Waals surface area contributed by atoms with Crippen LogP contribution in [0.25, 0.3) is 0 Å². The maximum Gasteiger partial charge on any atom is 0.223 e. The molecule has 2 fully saturated rings.